The molecule has 0 fully saturated rings. The standard InChI is InChI=1S/C9H14N4/c1-2-9(7-10)12-4-6-13-5-3-11-8-13/h3,5,8-9,12H,2,4,6H2,1H3. The summed E-state index contributed by atoms with van der Waals surface area (Å²) < 4.78 is 1.98. The molecule has 4 heteroatoms. The second kappa shape index (κ2) is 5.33. The average Bonchev–Trinajstić information content (AvgIpc) is 2.65. The Labute approximate surface area is 78.2 Å². The number of nitrogens with one attached hydrogen (secondary N) is 1. The lowest BCUT2D eigenvalue weighted by Crippen LogP contribution is -2.29. The maximum absolute atomic E-state index is 8.65. The van der Waals surface area contributed by atoms with Crippen LogP contribution in [0.25, 0.3) is 0 Å². The quantitative estimate of drug-likeness (QED) is 0.724. The van der Waals surface area contributed by atoms with Crippen LogP contribution in [0.3, 0.4) is 0 Å². The van der Waals surface area contributed by atoms with Crippen molar-refractivity contribution in [3.8, 4) is 6.07 Å². The number of imidazole rings is 1. The molecule has 13 heavy (non-hydrogen) atoms. The Balaban J connectivity index is 2.18. The summed E-state index contributed by atoms with van der Waals surface area (Å²) in [6.07, 6.45) is 6.28. The van der Waals surface area contributed by atoms with Gasteiger partial charge in [0.15, 0.2) is 0 Å². The molecule has 0 radical (unpaired) electrons. The van der Waals surface area contributed by atoms with E-state index < -0.39 is 0 Å². The molecular weight excluding hydrogens is 164 g/mol. The lowest BCUT2D eigenvalue weighted by atomic mass is 10.2. The van der Waals surface area contributed by atoms with Crippen molar-refractivity contribution in [3.63, 3.8) is 0 Å². The molecule has 0 aliphatic heterocycles. The summed E-state index contributed by atoms with van der Waals surface area (Å²) in [4.78, 5) is 3.93. The second-order valence-electron chi connectivity index (χ2n) is 2.84. The van der Waals surface area contributed by atoms with E-state index in [-0.39, 0.29) is 6.04 Å². The van der Waals surface area contributed by atoms with Gasteiger partial charge in [-0.15, -0.1) is 0 Å². The van der Waals surface area contributed by atoms with Crippen LogP contribution in [0, 0.1) is 11.3 Å². The van der Waals surface area contributed by atoms with Gasteiger partial charge in [-0.1, -0.05) is 6.92 Å². The highest BCUT2D eigenvalue weighted by Crippen LogP contribution is 1.88. The smallest absolute Gasteiger partial charge is 0.0950 e. The summed E-state index contributed by atoms with van der Waals surface area (Å²) in [5.74, 6) is 0. The molecule has 1 heterocycles. The van der Waals surface area contributed by atoms with E-state index in [1.54, 1.807) is 12.5 Å². The number of rotatable bonds is 5. The van der Waals surface area contributed by atoms with Crippen molar-refractivity contribution in [2.45, 2.75) is 25.9 Å². The maximum atomic E-state index is 8.65. The molecule has 0 saturated heterocycles. The minimum atomic E-state index is -0.0245. The minimum absolute atomic E-state index is 0.0245. The fourth-order valence-electron chi connectivity index (χ4n) is 1.07. The van der Waals surface area contributed by atoms with Crippen LogP contribution in [0.5, 0.6) is 0 Å². The Morgan fingerprint density at radius 1 is 1.69 bits per heavy atom. The van der Waals surface area contributed by atoms with Gasteiger partial charge in [-0.05, 0) is 6.42 Å². The topological polar surface area (TPSA) is 53.6 Å². The molecule has 1 aromatic heterocycles. The number of nitrogens with zero attached hydrogens (tertiary/aromatic N) is 3. The highest BCUT2D eigenvalue weighted by Gasteiger charge is 2.01. The van der Waals surface area contributed by atoms with Gasteiger partial charge in [0, 0.05) is 25.5 Å². The Morgan fingerprint density at radius 2 is 2.54 bits per heavy atom. The van der Waals surface area contributed by atoms with Gasteiger partial charge in [0.05, 0.1) is 18.4 Å². The van der Waals surface area contributed by atoms with Crippen molar-refractivity contribution in [1.82, 2.24) is 14.9 Å². The van der Waals surface area contributed by atoms with E-state index in [1.807, 2.05) is 17.7 Å². The van der Waals surface area contributed by atoms with Crippen molar-refractivity contribution in [1.29, 1.82) is 5.26 Å². The van der Waals surface area contributed by atoms with Gasteiger partial charge in [0.2, 0.25) is 0 Å². The van der Waals surface area contributed by atoms with Crippen LogP contribution in [0.4, 0.5) is 0 Å². The molecule has 70 valence electrons. The van der Waals surface area contributed by atoms with E-state index >= 15 is 0 Å². The third-order valence-corrected chi connectivity index (χ3v) is 1.88. The van der Waals surface area contributed by atoms with Gasteiger partial charge in [0.25, 0.3) is 0 Å². The van der Waals surface area contributed by atoms with Gasteiger partial charge < -0.3 is 9.88 Å². The van der Waals surface area contributed by atoms with Crippen molar-refractivity contribution < 1.29 is 0 Å². The molecule has 0 aliphatic rings. The maximum Gasteiger partial charge on any atom is 0.0950 e. The van der Waals surface area contributed by atoms with Gasteiger partial charge >= 0.3 is 0 Å². The molecule has 4 nitrogen and oxygen atoms in total. The molecule has 1 atom stereocenters. The van der Waals surface area contributed by atoms with Crippen LogP contribution in [0.2, 0.25) is 0 Å². The summed E-state index contributed by atoms with van der Waals surface area (Å²) in [6.45, 7) is 3.67. The van der Waals surface area contributed by atoms with Gasteiger partial charge in [0.1, 0.15) is 0 Å². The molecule has 1 aromatic rings. The summed E-state index contributed by atoms with van der Waals surface area (Å²) in [7, 11) is 0. The Morgan fingerprint density at radius 3 is 3.08 bits per heavy atom. The first kappa shape index (κ1) is 9.75. The molecule has 0 saturated carbocycles. The van der Waals surface area contributed by atoms with E-state index in [0.717, 1.165) is 19.5 Å². The van der Waals surface area contributed by atoms with E-state index in [4.69, 9.17) is 5.26 Å². The Hall–Kier alpha value is -1.34. The third-order valence-electron chi connectivity index (χ3n) is 1.88. The first-order valence-corrected chi connectivity index (χ1v) is 4.45. The molecule has 1 N–H and O–H groups in total. The van der Waals surface area contributed by atoms with Crippen LogP contribution in [0.15, 0.2) is 18.7 Å². The van der Waals surface area contributed by atoms with Crippen LogP contribution in [-0.2, 0) is 6.54 Å². The number of aromatic nitrogens is 2. The van der Waals surface area contributed by atoms with Gasteiger partial charge in [-0.25, -0.2) is 4.98 Å². The SMILES string of the molecule is CCC(C#N)NCCn1ccnc1. The summed E-state index contributed by atoms with van der Waals surface area (Å²) in [5, 5.41) is 11.8. The number of hydrogen-bond acceptors (Lipinski definition) is 3. The van der Waals surface area contributed by atoms with Crippen molar-refractivity contribution in [3.05, 3.63) is 18.7 Å². The number of hydrogen-bond donors (Lipinski definition) is 1. The predicted octanol–water partition coefficient (Wildman–Crippen LogP) is 0.775. The fraction of sp³-hybridized carbons (Fsp3) is 0.556. The molecule has 1 rings (SSSR count). The zero-order valence-electron chi connectivity index (χ0n) is 7.77. The Kier molecular flexibility index (Phi) is 4.00. The number of nitriles is 1. The van der Waals surface area contributed by atoms with E-state index in [9.17, 15) is 0 Å². The van der Waals surface area contributed by atoms with Crippen LogP contribution < -0.4 is 5.32 Å². The molecular formula is C9H14N4. The average molecular weight is 178 g/mol. The normalized spacial score (nSPS) is 12.3. The molecule has 1 unspecified atom stereocenters. The van der Waals surface area contributed by atoms with E-state index in [2.05, 4.69) is 16.4 Å². The van der Waals surface area contributed by atoms with Crippen molar-refractivity contribution >= 4 is 0 Å². The van der Waals surface area contributed by atoms with Crippen LogP contribution in [-0.4, -0.2) is 22.1 Å². The Bertz CT molecular complexity index is 260. The lowest BCUT2D eigenvalue weighted by Gasteiger charge is -2.08. The van der Waals surface area contributed by atoms with E-state index in [0.29, 0.717) is 0 Å². The first-order chi connectivity index (χ1) is 6.36. The summed E-state index contributed by atoms with van der Waals surface area (Å²) >= 11 is 0. The second-order valence-corrected chi connectivity index (χ2v) is 2.84. The van der Waals surface area contributed by atoms with Crippen molar-refractivity contribution in [2.75, 3.05) is 6.54 Å². The van der Waals surface area contributed by atoms with Gasteiger partial charge in [-0.2, -0.15) is 5.26 Å². The largest absolute Gasteiger partial charge is 0.336 e. The monoisotopic (exact) mass is 178 g/mol. The van der Waals surface area contributed by atoms with Crippen LogP contribution in [0.1, 0.15) is 13.3 Å². The summed E-state index contributed by atoms with van der Waals surface area (Å²) in [6, 6.07) is 2.17. The summed E-state index contributed by atoms with van der Waals surface area (Å²) in [5.41, 5.74) is 0. The predicted molar refractivity (Wildman–Crippen MR) is 49.9 cm³/mol. The molecule has 0 aromatic carbocycles. The van der Waals surface area contributed by atoms with E-state index in [1.165, 1.54) is 0 Å². The minimum Gasteiger partial charge on any atom is -0.336 e. The van der Waals surface area contributed by atoms with Crippen molar-refractivity contribution in [2.24, 2.45) is 0 Å². The third kappa shape index (κ3) is 3.26. The highest BCUT2D eigenvalue weighted by molar-refractivity contribution is 4.88. The highest BCUT2D eigenvalue weighted by atomic mass is 15.0. The fourth-order valence-corrected chi connectivity index (χ4v) is 1.07. The molecule has 0 spiro atoms. The van der Waals surface area contributed by atoms with Crippen LogP contribution >= 0.6 is 0 Å². The molecule has 0 aliphatic carbocycles. The molecule has 0 bridgehead atoms. The zero-order chi connectivity index (χ0) is 9.52. The molecule has 0 amide bonds. The van der Waals surface area contributed by atoms with Gasteiger partial charge in [-0.3, -0.25) is 0 Å². The zero-order valence-corrected chi connectivity index (χ0v) is 7.77. The lowest BCUT2D eigenvalue weighted by molar-refractivity contribution is 0.542. The first-order valence-electron chi connectivity index (χ1n) is 4.45.